The Morgan fingerprint density at radius 2 is 2.04 bits per heavy atom. The first kappa shape index (κ1) is 16.2. The first-order valence-electron chi connectivity index (χ1n) is 9.06. The van der Waals surface area contributed by atoms with E-state index in [1.807, 2.05) is 4.90 Å². The van der Waals surface area contributed by atoms with Crippen LogP contribution in [0, 0.1) is 11.7 Å². The van der Waals surface area contributed by atoms with Crippen LogP contribution in [0.1, 0.15) is 37.7 Å². The van der Waals surface area contributed by atoms with Crippen LogP contribution in [0.15, 0.2) is 35.7 Å². The summed E-state index contributed by atoms with van der Waals surface area (Å²) < 4.78 is 13.3. The smallest absolute Gasteiger partial charge is 0.227 e. The van der Waals surface area contributed by atoms with Gasteiger partial charge in [0.05, 0.1) is 12.2 Å². The van der Waals surface area contributed by atoms with Crippen molar-refractivity contribution < 1.29 is 14.3 Å². The molecule has 1 aliphatic carbocycles. The molecule has 2 N–H and O–H groups in total. The van der Waals surface area contributed by atoms with E-state index in [1.54, 1.807) is 12.3 Å². The highest BCUT2D eigenvalue weighted by Crippen LogP contribution is 2.34. The zero-order valence-corrected chi connectivity index (χ0v) is 14.2. The van der Waals surface area contributed by atoms with E-state index < -0.39 is 0 Å². The van der Waals surface area contributed by atoms with E-state index in [4.69, 9.17) is 0 Å². The Bertz CT molecular complexity index is 825. The fourth-order valence-corrected chi connectivity index (χ4v) is 3.88. The van der Waals surface area contributed by atoms with Gasteiger partial charge in [0.15, 0.2) is 0 Å². The number of nitrogens with one attached hydrogen (secondary N) is 1. The second-order valence-electron chi connectivity index (χ2n) is 7.18. The minimum Gasteiger partial charge on any atom is -0.512 e. The second kappa shape index (κ2) is 6.54. The maximum atomic E-state index is 13.3. The number of hydrogen-bond donors (Lipinski definition) is 2. The van der Waals surface area contributed by atoms with Gasteiger partial charge in [0.1, 0.15) is 5.82 Å². The van der Waals surface area contributed by atoms with Crippen LogP contribution in [0.5, 0.6) is 0 Å². The fraction of sp³-hybridized carbons (Fsp3) is 0.450. The van der Waals surface area contributed by atoms with Gasteiger partial charge in [-0.15, -0.1) is 0 Å². The molecule has 4 rings (SSSR count). The van der Waals surface area contributed by atoms with Crippen LogP contribution in [-0.4, -0.2) is 34.0 Å². The molecule has 132 valence electrons. The van der Waals surface area contributed by atoms with Gasteiger partial charge in [-0.3, -0.25) is 4.79 Å². The van der Waals surface area contributed by atoms with Crippen LogP contribution in [0.25, 0.3) is 10.9 Å². The number of aliphatic hydroxyl groups is 1. The number of piperidine rings is 1. The highest BCUT2D eigenvalue weighted by molar-refractivity contribution is 5.89. The van der Waals surface area contributed by atoms with E-state index in [-0.39, 0.29) is 17.6 Å². The van der Waals surface area contributed by atoms with Crippen molar-refractivity contribution in [1.29, 1.82) is 0 Å². The first-order valence-corrected chi connectivity index (χ1v) is 9.06. The van der Waals surface area contributed by atoms with Crippen LogP contribution < -0.4 is 0 Å². The van der Waals surface area contributed by atoms with Gasteiger partial charge < -0.3 is 15.0 Å². The Morgan fingerprint density at radius 1 is 1.28 bits per heavy atom. The van der Waals surface area contributed by atoms with E-state index in [0.29, 0.717) is 25.3 Å². The van der Waals surface area contributed by atoms with Crippen molar-refractivity contribution >= 4 is 16.8 Å². The van der Waals surface area contributed by atoms with E-state index in [9.17, 15) is 14.3 Å². The number of H-pyrrole nitrogens is 1. The second-order valence-corrected chi connectivity index (χ2v) is 7.18. The number of allylic oxidation sites excluding steroid dienone is 2. The Morgan fingerprint density at radius 3 is 2.72 bits per heavy atom. The number of amides is 1. The van der Waals surface area contributed by atoms with Crippen molar-refractivity contribution in [3.8, 4) is 0 Å². The Labute approximate surface area is 146 Å². The molecular formula is C20H23FN2O2. The summed E-state index contributed by atoms with van der Waals surface area (Å²) in [6.45, 7) is 1.38. The molecule has 2 aromatic rings. The molecule has 0 unspecified atom stereocenters. The number of benzene rings is 1. The summed E-state index contributed by atoms with van der Waals surface area (Å²) in [6.07, 6.45) is 7.04. The third-order valence-corrected chi connectivity index (χ3v) is 5.62. The fourth-order valence-electron chi connectivity index (χ4n) is 3.88. The maximum Gasteiger partial charge on any atom is 0.227 e. The average molecular weight is 342 g/mol. The molecule has 0 radical (unpaired) electrons. The molecule has 2 heterocycles. The van der Waals surface area contributed by atoms with Crippen molar-refractivity contribution in [2.75, 3.05) is 13.1 Å². The molecule has 1 amide bonds. The molecule has 1 saturated carbocycles. The number of carbonyl (C=O) groups excluding carboxylic acids is 1. The minimum atomic E-state index is -0.283. The third-order valence-electron chi connectivity index (χ3n) is 5.62. The first-order chi connectivity index (χ1) is 12.1. The molecule has 1 aromatic heterocycles. The van der Waals surface area contributed by atoms with Crippen molar-refractivity contribution in [2.45, 2.75) is 38.5 Å². The van der Waals surface area contributed by atoms with Gasteiger partial charge in [-0.05, 0) is 61.4 Å². The number of likely N-dealkylation sites (tertiary alicyclic amines) is 1. The number of aromatic nitrogens is 1. The molecule has 4 nitrogen and oxygen atoms in total. The van der Waals surface area contributed by atoms with Gasteiger partial charge >= 0.3 is 0 Å². The number of rotatable bonds is 3. The van der Waals surface area contributed by atoms with Gasteiger partial charge in [-0.25, -0.2) is 4.39 Å². The van der Waals surface area contributed by atoms with Crippen LogP contribution >= 0.6 is 0 Å². The van der Waals surface area contributed by atoms with Crippen molar-refractivity contribution in [2.24, 2.45) is 5.92 Å². The lowest BCUT2D eigenvalue weighted by Crippen LogP contribution is -2.39. The highest BCUT2D eigenvalue weighted by atomic mass is 19.1. The summed E-state index contributed by atoms with van der Waals surface area (Å²) in [6, 6.07) is 4.59. The highest BCUT2D eigenvalue weighted by Gasteiger charge is 2.28. The average Bonchev–Trinajstić information content (AvgIpc) is 2.95. The monoisotopic (exact) mass is 342 g/mol. The zero-order valence-electron chi connectivity index (χ0n) is 14.2. The molecular weight excluding hydrogens is 319 g/mol. The zero-order chi connectivity index (χ0) is 17.4. The van der Waals surface area contributed by atoms with Crippen LogP contribution in [0.4, 0.5) is 4.39 Å². The summed E-state index contributed by atoms with van der Waals surface area (Å²) in [5.41, 5.74) is 2.84. The number of fused-ring (bicyclic) bond motifs is 1. The normalized spacial score (nSPS) is 18.4. The number of aromatic amines is 1. The maximum absolute atomic E-state index is 13.3. The number of halogens is 1. The molecule has 2 fully saturated rings. The van der Waals surface area contributed by atoms with Crippen molar-refractivity contribution in [3.05, 3.63) is 47.1 Å². The summed E-state index contributed by atoms with van der Waals surface area (Å²) >= 11 is 0. The quantitative estimate of drug-likeness (QED) is 0.826. The molecule has 1 aliphatic heterocycles. The van der Waals surface area contributed by atoms with Gasteiger partial charge in [-0.1, -0.05) is 0 Å². The summed E-state index contributed by atoms with van der Waals surface area (Å²) in [5, 5.41) is 11.2. The van der Waals surface area contributed by atoms with E-state index in [2.05, 4.69) is 4.98 Å². The predicted molar refractivity (Wildman–Crippen MR) is 94.8 cm³/mol. The molecule has 0 spiro atoms. The third kappa shape index (κ3) is 3.15. The van der Waals surface area contributed by atoms with Gasteiger partial charge in [0, 0.05) is 36.1 Å². The van der Waals surface area contributed by atoms with E-state index >= 15 is 0 Å². The topological polar surface area (TPSA) is 56.3 Å². The molecule has 5 heteroatoms. The van der Waals surface area contributed by atoms with Crippen molar-refractivity contribution in [1.82, 2.24) is 9.88 Å². The predicted octanol–water partition coefficient (Wildman–Crippen LogP) is 4.08. The number of carbonyl (C=O) groups is 1. The number of nitrogens with zero attached hydrogens (tertiary/aromatic N) is 1. The molecule has 1 saturated heterocycles. The lowest BCUT2D eigenvalue weighted by atomic mass is 9.84. The largest absolute Gasteiger partial charge is 0.512 e. The van der Waals surface area contributed by atoms with Gasteiger partial charge in [-0.2, -0.15) is 0 Å². The SMILES string of the molecule is O=C(Cc1c[nH]c2cc(F)ccc12)N1CCC(C(O)=C2CCC2)CC1. The molecule has 2 aliphatic rings. The standard InChI is InChI=1S/C20H23FN2O2/c21-16-4-5-17-15(12-22-18(17)11-16)10-19(24)23-8-6-14(7-9-23)20(25)13-2-1-3-13/h4-5,11-12,14,22,25H,1-3,6-10H2. The van der Waals surface area contributed by atoms with Gasteiger partial charge in [0.2, 0.25) is 5.91 Å². The van der Waals surface area contributed by atoms with Crippen molar-refractivity contribution in [3.63, 3.8) is 0 Å². The Hall–Kier alpha value is -2.30. The minimum absolute atomic E-state index is 0.0967. The van der Waals surface area contributed by atoms with Gasteiger partial charge in [0.25, 0.3) is 0 Å². The lowest BCUT2D eigenvalue weighted by Gasteiger charge is -2.33. The Balaban J connectivity index is 1.39. The van der Waals surface area contributed by atoms with Crippen LogP contribution in [0.2, 0.25) is 0 Å². The molecule has 1 aromatic carbocycles. The Kier molecular flexibility index (Phi) is 4.24. The number of aliphatic hydroxyl groups excluding tert-OH is 1. The van der Waals surface area contributed by atoms with E-state index in [1.165, 1.54) is 24.1 Å². The lowest BCUT2D eigenvalue weighted by molar-refractivity contribution is -0.131. The summed E-state index contributed by atoms with van der Waals surface area (Å²) in [5.74, 6) is 0.626. The van der Waals surface area contributed by atoms with E-state index in [0.717, 1.165) is 42.1 Å². The summed E-state index contributed by atoms with van der Waals surface area (Å²) in [4.78, 5) is 17.5. The van der Waals surface area contributed by atoms with Crippen LogP contribution in [-0.2, 0) is 11.2 Å². The molecule has 0 atom stereocenters. The molecule has 25 heavy (non-hydrogen) atoms. The molecule has 0 bridgehead atoms. The summed E-state index contributed by atoms with van der Waals surface area (Å²) in [7, 11) is 0. The number of hydrogen-bond acceptors (Lipinski definition) is 2. The van der Waals surface area contributed by atoms with Crippen LogP contribution in [0.3, 0.4) is 0 Å².